The number of hydrogen-bond donors (Lipinski definition) is 1. The van der Waals surface area contributed by atoms with Crippen molar-refractivity contribution < 1.29 is 22.4 Å². The zero-order valence-electron chi connectivity index (χ0n) is 25.5. The number of carbonyl (C=O) groups excluding carboxylic acids is 2. The number of nitrogens with one attached hydrogen (secondary N) is 1. The molecule has 7 nitrogen and oxygen atoms in total. The van der Waals surface area contributed by atoms with Crippen LogP contribution < -0.4 is 9.62 Å². The van der Waals surface area contributed by atoms with Gasteiger partial charge in [0.1, 0.15) is 18.4 Å². The summed E-state index contributed by atoms with van der Waals surface area (Å²) in [6.07, 6.45) is 5.35. The van der Waals surface area contributed by atoms with E-state index in [1.165, 1.54) is 29.2 Å². The Bertz CT molecular complexity index is 1520. The smallest absolute Gasteiger partial charge is 0.264 e. The Hall–Kier alpha value is -3.72. The highest BCUT2D eigenvalue weighted by Crippen LogP contribution is 2.27. The largest absolute Gasteiger partial charge is 0.352 e. The zero-order chi connectivity index (χ0) is 31.1. The summed E-state index contributed by atoms with van der Waals surface area (Å²) in [4.78, 5) is 29.4. The van der Waals surface area contributed by atoms with Crippen molar-refractivity contribution in [1.82, 2.24) is 10.2 Å². The van der Waals surface area contributed by atoms with Crippen LogP contribution in [-0.2, 0) is 26.2 Å². The van der Waals surface area contributed by atoms with E-state index in [0.717, 1.165) is 53.1 Å². The minimum Gasteiger partial charge on any atom is -0.352 e. The molecule has 0 saturated heterocycles. The molecule has 1 saturated carbocycles. The van der Waals surface area contributed by atoms with Crippen molar-refractivity contribution in [2.45, 2.75) is 89.7 Å². The summed E-state index contributed by atoms with van der Waals surface area (Å²) in [5.74, 6) is -1.19. The van der Waals surface area contributed by atoms with Crippen LogP contribution in [0.4, 0.5) is 10.1 Å². The third-order valence-electron chi connectivity index (χ3n) is 8.27. The summed E-state index contributed by atoms with van der Waals surface area (Å²) in [6.45, 7) is 7.05. The van der Waals surface area contributed by atoms with E-state index in [-0.39, 0.29) is 23.4 Å². The lowest BCUT2D eigenvalue weighted by Crippen LogP contribution is -2.54. The van der Waals surface area contributed by atoms with E-state index in [0.29, 0.717) is 17.7 Å². The molecule has 1 aliphatic rings. The number of carbonyl (C=O) groups is 2. The molecule has 230 valence electrons. The van der Waals surface area contributed by atoms with Crippen LogP contribution in [0, 0.1) is 26.6 Å². The molecule has 0 radical (unpaired) electrons. The molecule has 43 heavy (non-hydrogen) atoms. The van der Waals surface area contributed by atoms with Gasteiger partial charge in [0.05, 0.1) is 10.6 Å². The summed E-state index contributed by atoms with van der Waals surface area (Å²) in [6, 6.07) is 16.8. The first-order valence-electron chi connectivity index (χ1n) is 15.0. The number of rotatable bonds is 11. The van der Waals surface area contributed by atoms with Crippen molar-refractivity contribution in [3.63, 3.8) is 0 Å². The third kappa shape index (κ3) is 8.02. The lowest BCUT2D eigenvalue weighted by Gasteiger charge is -2.34. The number of halogens is 1. The van der Waals surface area contributed by atoms with Crippen molar-refractivity contribution in [3.8, 4) is 0 Å². The number of benzene rings is 3. The van der Waals surface area contributed by atoms with Crippen LogP contribution >= 0.6 is 0 Å². The van der Waals surface area contributed by atoms with Crippen LogP contribution in [0.1, 0.15) is 67.7 Å². The maximum Gasteiger partial charge on any atom is 0.264 e. The van der Waals surface area contributed by atoms with E-state index < -0.39 is 34.3 Å². The first-order valence-corrected chi connectivity index (χ1v) is 16.4. The Labute approximate surface area is 255 Å². The third-order valence-corrected chi connectivity index (χ3v) is 10.1. The average molecular weight is 608 g/mol. The van der Waals surface area contributed by atoms with Crippen LogP contribution in [0.3, 0.4) is 0 Å². The Kier molecular flexibility index (Phi) is 10.6. The lowest BCUT2D eigenvalue weighted by atomic mass is 9.95. The van der Waals surface area contributed by atoms with Gasteiger partial charge in [0.15, 0.2) is 0 Å². The van der Waals surface area contributed by atoms with Gasteiger partial charge in [-0.2, -0.15) is 0 Å². The Morgan fingerprint density at radius 1 is 0.907 bits per heavy atom. The second-order valence-corrected chi connectivity index (χ2v) is 13.4. The van der Waals surface area contributed by atoms with E-state index in [1.54, 1.807) is 36.4 Å². The van der Waals surface area contributed by atoms with Crippen molar-refractivity contribution in [2.75, 3.05) is 10.8 Å². The normalized spacial score (nSPS) is 14.6. The fraction of sp³-hybridized carbons (Fsp3) is 0.412. The van der Waals surface area contributed by atoms with E-state index in [2.05, 4.69) is 5.32 Å². The highest BCUT2D eigenvalue weighted by Gasteiger charge is 2.34. The van der Waals surface area contributed by atoms with Crippen LogP contribution in [0.2, 0.25) is 0 Å². The van der Waals surface area contributed by atoms with Crippen molar-refractivity contribution in [3.05, 3.63) is 94.8 Å². The fourth-order valence-corrected chi connectivity index (χ4v) is 6.90. The Balaban J connectivity index is 1.72. The van der Waals surface area contributed by atoms with Crippen molar-refractivity contribution in [1.29, 1.82) is 0 Å². The molecule has 1 N–H and O–H groups in total. The minimum absolute atomic E-state index is 0.0288. The predicted molar refractivity (Wildman–Crippen MR) is 168 cm³/mol. The van der Waals surface area contributed by atoms with Crippen LogP contribution in [0.5, 0.6) is 0 Å². The molecule has 3 aromatic carbocycles. The van der Waals surface area contributed by atoms with Crippen LogP contribution in [0.25, 0.3) is 0 Å². The Morgan fingerprint density at radius 3 is 2.16 bits per heavy atom. The molecule has 1 aliphatic carbocycles. The number of aryl methyl sites for hydroxylation is 3. The molecule has 1 fully saturated rings. The number of nitrogens with zero attached hydrogens (tertiary/aromatic N) is 2. The predicted octanol–water partition coefficient (Wildman–Crippen LogP) is 6.20. The molecule has 0 spiro atoms. The minimum atomic E-state index is -4.15. The quantitative estimate of drug-likeness (QED) is 0.281. The number of amides is 2. The highest BCUT2D eigenvalue weighted by molar-refractivity contribution is 7.92. The van der Waals surface area contributed by atoms with Crippen molar-refractivity contribution >= 4 is 27.5 Å². The molecule has 2 amide bonds. The molecular weight excluding hydrogens is 565 g/mol. The summed E-state index contributed by atoms with van der Waals surface area (Å²) < 4.78 is 43.0. The number of hydrogen-bond acceptors (Lipinski definition) is 4. The summed E-state index contributed by atoms with van der Waals surface area (Å²) in [5.41, 5.74) is 3.78. The summed E-state index contributed by atoms with van der Waals surface area (Å²) in [7, 11) is -4.15. The molecule has 3 aromatic rings. The molecule has 0 bridgehead atoms. The van der Waals surface area contributed by atoms with Gasteiger partial charge in [0, 0.05) is 12.6 Å². The SMILES string of the molecule is CC[C@H](C(=O)NC1CCCCC1)N(Cc1ccc(F)cc1)C(=O)CN(c1ccc(C)c(C)c1)S(=O)(=O)c1ccc(C)cc1. The molecule has 4 rings (SSSR count). The van der Waals surface area contributed by atoms with Gasteiger partial charge in [-0.3, -0.25) is 13.9 Å². The molecule has 1 atom stereocenters. The summed E-state index contributed by atoms with van der Waals surface area (Å²) >= 11 is 0. The van der Waals surface area contributed by atoms with Gasteiger partial charge in [-0.15, -0.1) is 0 Å². The summed E-state index contributed by atoms with van der Waals surface area (Å²) in [5, 5.41) is 3.14. The molecule has 0 aliphatic heterocycles. The molecule has 0 heterocycles. The maximum atomic E-state index is 14.2. The first-order chi connectivity index (χ1) is 20.5. The standard InChI is InChI=1S/C34H42FN3O4S/c1-5-32(34(40)36-29-9-7-6-8-10-29)37(22-27-14-16-28(35)17-15-27)33(39)23-38(30-18-13-25(3)26(4)21-30)43(41,42)31-19-11-24(2)12-20-31/h11-21,29,32H,5-10,22-23H2,1-4H3,(H,36,40)/t32-/m1/s1. The maximum absolute atomic E-state index is 14.2. The average Bonchev–Trinajstić information content (AvgIpc) is 2.99. The van der Waals surface area contributed by atoms with E-state index in [9.17, 15) is 22.4 Å². The van der Waals surface area contributed by atoms with Gasteiger partial charge in [0.25, 0.3) is 10.0 Å². The second-order valence-electron chi connectivity index (χ2n) is 11.5. The topological polar surface area (TPSA) is 86.8 Å². The number of anilines is 1. The monoisotopic (exact) mass is 607 g/mol. The molecule has 0 unspecified atom stereocenters. The van der Waals surface area contributed by atoms with Gasteiger partial charge in [-0.1, -0.05) is 62.1 Å². The van der Waals surface area contributed by atoms with E-state index in [1.807, 2.05) is 33.8 Å². The fourth-order valence-electron chi connectivity index (χ4n) is 5.50. The van der Waals surface area contributed by atoms with E-state index >= 15 is 0 Å². The second kappa shape index (κ2) is 14.2. The van der Waals surface area contributed by atoms with Crippen LogP contribution in [-0.4, -0.2) is 43.8 Å². The van der Waals surface area contributed by atoms with Crippen LogP contribution in [0.15, 0.2) is 71.6 Å². The van der Waals surface area contributed by atoms with Gasteiger partial charge in [-0.05, 0) is 93.1 Å². The van der Waals surface area contributed by atoms with Gasteiger partial charge >= 0.3 is 0 Å². The molecule has 0 aromatic heterocycles. The van der Waals surface area contributed by atoms with E-state index in [4.69, 9.17) is 0 Å². The van der Waals surface area contributed by atoms with Gasteiger partial charge in [-0.25, -0.2) is 12.8 Å². The first kappa shape index (κ1) is 32.2. The number of sulfonamides is 1. The Morgan fingerprint density at radius 2 is 1.56 bits per heavy atom. The van der Waals surface area contributed by atoms with Gasteiger partial charge in [0.2, 0.25) is 11.8 Å². The zero-order valence-corrected chi connectivity index (χ0v) is 26.3. The lowest BCUT2D eigenvalue weighted by molar-refractivity contribution is -0.140. The van der Waals surface area contributed by atoms with Crippen molar-refractivity contribution in [2.24, 2.45) is 0 Å². The molecular formula is C34H42FN3O4S. The molecule has 9 heteroatoms. The van der Waals surface area contributed by atoms with Gasteiger partial charge < -0.3 is 10.2 Å². The highest BCUT2D eigenvalue weighted by atomic mass is 32.2.